The molecule has 0 radical (unpaired) electrons. The van der Waals surface area contributed by atoms with Crippen LogP contribution >= 0.6 is 0 Å². The van der Waals surface area contributed by atoms with Crippen molar-refractivity contribution in [3.63, 3.8) is 0 Å². The van der Waals surface area contributed by atoms with Crippen LogP contribution in [0.1, 0.15) is 56.2 Å². The van der Waals surface area contributed by atoms with Gasteiger partial charge in [-0.25, -0.2) is 4.68 Å². The number of hydrogen-bond acceptors (Lipinski definition) is 4. The number of fused-ring (bicyclic) bond motifs is 1. The van der Waals surface area contributed by atoms with Gasteiger partial charge in [0, 0.05) is 45.3 Å². The van der Waals surface area contributed by atoms with Crippen LogP contribution in [-0.4, -0.2) is 58.8 Å². The minimum absolute atomic E-state index is 0.0848. The summed E-state index contributed by atoms with van der Waals surface area (Å²) in [6, 6.07) is 1.84. The third kappa shape index (κ3) is 4.55. The number of nitrogens with zero attached hydrogens (tertiary/aromatic N) is 4. The standard InChI is InChI=1S/C21H34N4O/c26-21-16-19-8-4-5-9-20(19)22-25(21)15-14-23-10-12-24(13-11-23)17-18-6-2-1-3-7-18/h16,18H,1-15,17H2. The van der Waals surface area contributed by atoms with E-state index in [1.54, 1.807) is 4.68 Å². The molecular formula is C21H34N4O. The molecule has 144 valence electrons. The van der Waals surface area contributed by atoms with Crippen LogP contribution in [0.2, 0.25) is 0 Å². The highest BCUT2D eigenvalue weighted by atomic mass is 16.1. The zero-order valence-electron chi connectivity index (χ0n) is 16.2. The monoisotopic (exact) mass is 358 g/mol. The number of rotatable bonds is 5. The smallest absolute Gasteiger partial charge is 0.267 e. The number of aryl methyl sites for hydroxylation is 2. The molecule has 0 amide bonds. The molecule has 1 aromatic heterocycles. The molecule has 26 heavy (non-hydrogen) atoms. The Bertz CT molecular complexity index is 642. The Morgan fingerprint density at radius 2 is 1.62 bits per heavy atom. The lowest BCUT2D eigenvalue weighted by Crippen LogP contribution is -2.49. The van der Waals surface area contributed by atoms with Crippen LogP contribution in [0.25, 0.3) is 0 Å². The van der Waals surface area contributed by atoms with Gasteiger partial charge in [0.25, 0.3) is 5.56 Å². The normalized spacial score (nSPS) is 23.1. The minimum atomic E-state index is 0.0848. The second-order valence-corrected chi connectivity index (χ2v) is 8.53. The Kier molecular flexibility index (Phi) is 6.05. The summed E-state index contributed by atoms with van der Waals surface area (Å²) in [5.74, 6) is 0.938. The van der Waals surface area contributed by atoms with Crippen LogP contribution in [0.15, 0.2) is 10.9 Å². The van der Waals surface area contributed by atoms with E-state index in [1.807, 2.05) is 6.07 Å². The Labute approximate surface area is 157 Å². The maximum atomic E-state index is 12.3. The Morgan fingerprint density at radius 1 is 0.885 bits per heavy atom. The molecule has 0 atom stereocenters. The van der Waals surface area contributed by atoms with Crippen molar-refractivity contribution in [3.8, 4) is 0 Å². The molecule has 1 aliphatic heterocycles. The first-order valence-corrected chi connectivity index (χ1v) is 10.8. The second-order valence-electron chi connectivity index (χ2n) is 8.53. The number of aromatic nitrogens is 2. The number of piperazine rings is 1. The lowest BCUT2D eigenvalue weighted by Gasteiger charge is -2.37. The molecule has 1 aromatic rings. The molecule has 1 saturated heterocycles. The van der Waals surface area contributed by atoms with Crippen molar-refractivity contribution >= 4 is 0 Å². The van der Waals surface area contributed by atoms with Crippen molar-refractivity contribution in [2.24, 2.45) is 5.92 Å². The maximum absolute atomic E-state index is 12.3. The largest absolute Gasteiger partial charge is 0.301 e. The predicted octanol–water partition coefficient (Wildman–Crippen LogP) is 2.32. The van der Waals surface area contributed by atoms with Gasteiger partial charge in [-0.2, -0.15) is 5.10 Å². The summed E-state index contributed by atoms with van der Waals surface area (Å²) < 4.78 is 1.71. The topological polar surface area (TPSA) is 41.4 Å². The molecular weight excluding hydrogens is 324 g/mol. The van der Waals surface area contributed by atoms with E-state index >= 15 is 0 Å². The fourth-order valence-corrected chi connectivity index (χ4v) is 4.93. The summed E-state index contributed by atoms with van der Waals surface area (Å²) in [6.45, 7) is 7.61. The first-order valence-electron chi connectivity index (χ1n) is 10.8. The van der Waals surface area contributed by atoms with E-state index in [-0.39, 0.29) is 5.56 Å². The minimum Gasteiger partial charge on any atom is -0.301 e. The van der Waals surface area contributed by atoms with Gasteiger partial charge in [0.2, 0.25) is 0 Å². The van der Waals surface area contributed by atoms with Crippen molar-refractivity contribution in [2.45, 2.75) is 64.3 Å². The highest BCUT2D eigenvalue weighted by Crippen LogP contribution is 2.24. The molecule has 3 aliphatic rings. The summed E-state index contributed by atoms with van der Waals surface area (Å²) in [7, 11) is 0. The quantitative estimate of drug-likeness (QED) is 0.810. The molecule has 2 fully saturated rings. The predicted molar refractivity (Wildman–Crippen MR) is 105 cm³/mol. The van der Waals surface area contributed by atoms with Crippen LogP contribution in [0.4, 0.5) is 0 Å². The zero-order valence-corrected chi connectivity index (χ0v) is 16.2. The summed E-state index contributed by atoms with van der Waals surface area (Å²) >= 11 is 0. The second kappa shape index (κ2) is 8.66. The molecule has 4 rings (SSSR count). The van der Waals surface area contributed by atoms with E-state index in [0.717, 1.165) is 50.6 Å². The lowest BCUT2D eigenvalue weighted by atomic mass is 9.89. The summed E-state index contributed by atoms with van der Waals surface area (Å²) in [5, 5.41) is 4.66. The van der Waals surface area contributed by atoms with Crippen LogP contribution < -0.4 is 5.56 Å². The summed E-state index contributed by atoms with van der Waals surface area (Å²) in [5.41, 5.74) is 2.43. The lowest BCUT2D eigenvalue weighted by molar-refractivity contribution is 0.106. The van der Waals surface area contributed by atoms with Crippen molar-refractivity contribution < 1.29 is 0 Å². The molecule has 0 unspecified atom stereocenters. The first-order chi connectivity index (χ1) is 12.8. The van der Waals surface area contributed by atoms with Crippen LogP contribution in [0.5, 0.6) is 0 Å². The van der Waals surface area contributed by atoms with E-state index in [1.165, 1.54) is 70.1 Å². The molecule has 2 aliphatic carbocycles. The fraction of sp³-hybridized carbons (Fsp3) is 0.810. The van der Waals surface area contributed by atoms with Gasteiger partial charge in [-0.1, -0.05) is 19.3 Å². The average Bonchev–Trinajstić information content (AvgIpc) is 2.68. The highest BCUT2D eigenvalue weighted by Gasteiger charge is 2.21. The third-order valence-electron chi connectivity index (χ3n) is 6.61. The third-order valence-corrected chi connectivity index (χ3v) is 6.61. The molecule has 1 saturated carbocycles. The van der Waals surface area contributed by atoms with Gasteiger partial charge in [-0.3, -0.25) is 9.69 Å². The molecule has 0 aromatic carbocycles. The van der Waals surface area contributed by atoms with Crippen LogP contribution in [-0.2, 0) is 19.4 Å². The summed E-state index contributed by atoms with van der Waals surface area (Å²) in [4.78, 5) is 17.5. The molecule has 5 nitrogen and oxygen atoms in total. The number of hydrogen-bond donors (Lipinski definition) is 0. The molecule has 2 heterocycles. The maximum Gasteiger partial charge on any atom is 0.267 e. The van der Waals surface area contributed by atoms with Gasteiger partial charge in [0.15, 0.2) is 0 Å². The Balaban J connectivity index is 1.24. The first kappa shape index (κ1) is 18.2. The molecule has 5 heteroatoms. The van der Waals surface area contributed by atoms with E-state index in [9.17, 15) is 4.79 Å². The van der Waals surface area contributed by atoms with Gasteiger partial charge in [0.1, 0.15) is 0 Å². The van der Waals surface area contributed by atoms with Crippen molar-refractivity contribution in [2.75, 3.05) is 39.3 Å². The summed E-state index contributed by atoms with van der Waals surface area (Å²) in [6.07, 6.45) is 11.7. The molecule has 0 bridgehead atoms. The Morgan fingerprint density at radius 3 is 2.42 bits per heavy atom. The van der Waals surface area contributed by atoms with Crippen molar-refractivity contribution in [3.05, 3.63) is 27.7 Å². The highest BCUT2D eigenvalue weighted by molar-refractivity contribution is 5.20. The van der Waals surface area contributed by atoms with Gasteiger partial charge >= 0.3 is 0 Å². The van der Waals surface area contributed by atoms with E-state index in [2.05, 4.69) is 14.9 Å². The van der Waals surface area contributed by atoms with Gasteiger partial charge in [-0.15, -0.1) is 0 Å². The van der Waals surface area contributed by atoms with Gasteiger partial charge in [0.05, 0.1) is 12.2 Å². The van der Waals surface area contributed by atoms with Crippen molar-refractivity contribution in [1.82, 2.24) is 19.6 Å². The van der Waals surface area contributed by atoms with Crippen molar-refractivity contribution in [1.29, 1.82) is 0 Å². The molecule has 0 N–H and O–H groups in total. The van der Waals surface area contributed by atoms with Gasteiger partial charge < -0.3 is 4.90 Å². The van der Waals surface area contributed by atoms with E-state index in [4.69, 9.17) is 0 Å². The van der Waals surface area contributed by atoms with E-state index < -0.39 is 0 Å². The van der Waals surface area contributed by atoms with Crippen LogP contribution in [0, 0.1) is 5.92 Å². The van der Waals surface area contributed by atoms with Gasteiger partial charge in [-0.05, 0) is 50.0 Å². The zero-order chi connectivity index (χ0) is 17.8. The Hall–Kier alpha value is -1.20. The molecule has 0 spiro atoms. The van der Waals surface area contributed by atoms with E-state index in [0.29, 0.717) is 0 Å². The SMILES string of the molecule is O=c1cc2c(nn1CCN1CCN(CC3CCCCC3)CC1)CCCC2. The average molecular weight is 359 g/mol. The fourth-order valence-electron chi connectivity index (χ4n) is 4.93. The van der Waals surface area contributed by atoms with Crippen LogP contribution in [0.3, 0.4) is 0 Å².